The van der Waals surface area contributed by atoms with Crippen LogP contribution >= 0.6 is 7.60 Å². The summed E-state index contributed by atoms with van der Waals surface area (Å²) in [6.45, 7) is 7.04. The van der Waals surface area contributed by atoms with Crippen molar-refractivity contribution in [1.82, 2.24) is 0 Å². The van der Waals surface area contributed by atoms with E-state index in [2.05, 4.69) is 11.6 Å². The Balaban J connectivity index is 3.35. The molecular formula is C19H28NO7P. The average molecular weight is 413 g/mol. The van der Waals surface area contributed by atoms with Gasteiger partial charge in [-0.1, -0.05) is 30.2 Å². The van der Waals surface area contributed by atoms with Crippen molar-refractivity contribution >= 4 is 19.5 Å². The number of ether oxygens (including phenoxy) is 2. The van der Waals surface area contributed by atoms with Crippen molar-refractivity contribution in [3.63, 3.8) is 0 Å². The maximum atomic E-state index is 12.6. The van der Waals surface area contributed by atoms with Gasteiger partial charge in [0.15, 0.2) is 5.92 Å². The van der Waals surface area contributed by atoms with Gasteiger partial charge in [-0.15, -0.1) is 0 Å². The van der Waals surface area contributed by atoms with Gasteiger partial charge >= 0.3 is 19.5 Å². The second kappa shape index (κ2) is 11.2. The van der Waals surface area contributed by atoms with Crippen LogP contribution in [0, 0.1) is 23.4 Å². The van der Waals surface area contributed by atoms with Crippen LogP contribution < -0.4 is 5.73 Å². The fourth-order valence-corrected chi connectivity index (χ4v) is 3.86. The van der Waals surface area contributed by atoms with Crippen molar-refractivity contribution in [2.75, 3.05) is 26.4 Å². The summed E-state index contributed by atoms with van der Waals surface area (Å²) in [6.07, 6.45) is 6.39. The lowest BCUT2D eigenvalue weighted by Crippen LogP contribution is -2.51. The van der Waals surface area contributed by atoms with E-state index in [9.17, 15) is 14.2 Å². The van der Waals surface area contributed by atoms with Crippen molar-refractivity contribution < 1.29 is 32.7 Å². The van der Waals surface area contributed by atoms with E-state index in [0.29, 0.717) is 0 Å². The van der Waals surface area contributed by atoms with Gasteiger partial charge in [-0.2, -0.15) is 0 Å². The SMILES string of the molecule is CCOC(=O)C(C(=O)OCC)C1C=CC=CC1(N)C#CP(=O)(OCC)OCC. The van der Waals surface area contributed by atoms with Crippen molar-refractivity contribution in [3.8, 4) is 11.6 Å². The molecule has 0 spiro atoms. The largest absolute Gasteiger partial charge is 0.465 e. The molecule has 2 N–H and O–H groups in total. The molecule has 0 saturated heterocycles. The topological polar surface area (TPSA) is 114 Å². The number of esters is 2. The van der Waals surface area contributed by atoms with E-state index in [-0.39, 0.29) is 26.4 Å². The minimum atomic E-state index is -3.69. The molecule has 156 valence electrons. The molecule has 0 radical (unpaired) electrons. The number of hydrogen-bond acceptors (Lipinski definition) is 8. The van der Waals surface area contributed by atoms with Gasteiger partial charge in [0.2, 0.25) is 0 Å². The predicted molar refractivity (Wildman–Crippen MR) is 104 cm³/mol. The Morgan fingerprint density at radius 1 is 1.04 bits per heavy atom. The van der Waals surface area contributed by atoms with Gasteiger partial charge in [-0.3, -0.25) is 18.6 Å². The summed E-state index contributed by atoms with van der Waals surface area (Å²) in [5.41, 5.74) is 7.41. The molecule has 9 heteroatoms. The normalized spacial score (nSPS) is 21.1. The fourth-order valence-electron chi connectivity index (χ4n) is 2.64. The number of hydrogen-bond donors (Lipinski definition) is 1. The molecule has 1 aliphatic carbocycles. The summed E-state index contributed by atoms with van der Waals surface area (Å²) < 4.78 is 33.0. The van der Waals surface area contributed by atoms with Crippen molar-refractivity contribution in [2.45, 2.75) is 33.2 Å². The molecule has 2 atom stereocenters. The number of rotatable bonds is 9. The minimum absolute atomic E-state index is 0.0914. The van der Waals surface area contributed by atoms with Crippen LogP contribution in [0.5, 0.6) is 0 Å². The van der Waals surface area contributed by atoms with Gasteiger partial charge in [0.1, 0.15) is 5.54 Å². The molecular weight excluding hydrogens is 385 g/mol. The van der Waals surface area contributed by atoms with Crippen LogP contribution in [0.1, 0.15) is 27.7 Å². The molecule has 1 rings (SSSR count). The van der Waals surface area contributed by atoms with Gasteiger partial charge in [-0.05, 0) is 27.7 Å². The molecule has 8 nitrogen and oxygen atoms in total. The third-order valence-corrected chi connectivity index (χ3v) is 5.38. The van der Waals surface area contributed by atoms with E-state index in [1.807, 2.05) is 0 Å². The molecule has 0 fully saturated rings. The summed E-state index contributed by atoms with van der Waals surface area (Å²) in [4.78, 5) is 24.9. The third kappa shape index (κ3) is 6.32. The maximum Gasteiger partial charge on any atom is 0.405 e. The summed E-state index contributed by atoms with van der Waals surface area (Å²) in [6, 6.07) is 0. The third-order valence-electron chi connectivity index (χ3n) is 3.80. The van der Waals surface area contributed by atoms with E-state index in [1.54, 1.807) is 45.9 Å². The zero-order valence-electron chi connectivity index (χ0n) is 16.7. The van der Waals surface area contributed by atoms with Gasteiger partial charge in [0.05, 0.1) is 26.4 Å². The van der Waals surface area contributed by atoms with Crippen LogP contribution in [-0.4, -0.2) is 43.9 Å². The molecule has 2 unspecified atom stereocenters. The predicted octanol–water partition coefficient (Wildman–Crippen LogP) is 2.40. The minimum Gasteiger partial charge on any atom is -0.465 e. The average Bonchev–Trinajstić information content (AvgIpc) is 2.63. The number of allylic oxidation sites excluding steroid dienone is 2. The van der Waals surface area contributed by atoms with E-state index in [1.165, 1.54) is 6.08 Å². The summed E-state index contributed by atoms with van der Waals surface area (Å²) >= 11 is 0. The Labute approximate surface area is 166 Å². The lowest BCUT2D eigenvalue weighted by Gasteiger charge is -2.33. The Bertz CT molecular complexity index is 694. The first kappa shape index (κ1) is 24.1. The summed E-state index contributed by atoms with van der Waals surface area (Å²) in [5.74, 6) is -1.04. The molecule has 28 heavy (non-hydrogen) atoms. The highest BCUT2D eigenvalue weighted by Gasteiger charge is 2.46. The quantitative estimate of drug-likeness (QED) is 0.265. The fraction of sp³-hybridized carbons (Fsp3) is 0.579. The highest BCUT2D eigenvalue weighted by molar-refractivity contribution is 7.59. The summed E-state index contributed by atoms with van der Waals surface area (Å²) in [5, 5.41) is 0. The van der Waals surface area contributed by atoms with Crippen LogP contribution in [0.2, 0.25) is 0 Å². The first-order valence-electron chi connectivity index (χ1n) is 9.18. The van der Waals surface area contributed by atoms with Crippen molar-refractivity contribution in [1.29, 1.82) is 0 Å². The van der Waals surface area contributed by atoms with Gasteiger partial charge in [0, 0.05) is 11.6 Å². The Morgan fingerprint density at radius 3 is 2.04 bits per heavy atom. The van der Waals surface area contributed by atoms with E-state index in [0.717, 1.165) is 0 Å². The highest BCUT2D eigenvalue weighted by atomic mass is 31.2. The highest BCUT2D eigenvalue weighted by Crippen LogP contribution is 2.47. The summed E-state index contributed by atoms with van der Waals surface area (Å²) in [7, 11) is -3.69. The monoisotopic (exact) mass is 413 g/mol. The van der Waals surface area contributed by atoms with E-state index < -0.39 is 36.9 Å². The lowest BCUT2D eigenvalue weighted by atomic mass is 9.74. The van der Waals surface area contributed by atoms with Crippen LogP contribution in [0.3, 0.4) is 0 Å². The van der Waals surface area contributed by atoms with Crippen LogP contribution in [-0.2, 0) is 32.7 Å². The second-order valence-corrected chi connectivity index (χ2v) is 7.49. The molecule has 0 bridgehead atoms. The van der Waals surface area contributed by atoms with E-state index >= 15 is 0 Å². The molecule has 1 aliphatic rings. The van der Waals surface area contributed by atoms with Crippen LogP contribution in [0.4, 0.5) is 0 Å². The van der Waals surface area contributed by atoms with Crippen molar-refractivity contribution in [2.24, 2.45) is 17.6 Å². The van der Waals surface area contributed by atoms with Crippen molar-refractivity contribution in [3.05, 3.63) is 24.3 Å². The molecule has 0 aromatic rings. The zero-order valence-corrected chi connectivity index (χ0v) is 17.6. The Morgan fingerprint density at radius 2 is 1.57 bits per heavy atom. The molecule has 0 aromatic carbocycles. The van der Waals surface area contributed by atoms with Gasteiger partial charge < -0.3 is 15.2 Å². The maximum absolute atomic E-state index is 12.6. The van der Waals surface area contributed by atoms with Crippen LogP contribution in [0.25, 0.3) is 0 Å². The second-order valence-electron chi connectivity index (χ2n) is 5.75. The van der Waals surface area contributed by atoms with Crippen LogP contribution in [0.15, 0.2) is 24.3 Å². The molecule has 0 amide bonds. The lowest BCUT2D eigenvalue weighted by molar-refractivity contribution is -0.164. The Kier molecular flexibility index (Phi) is 9.63. The molecule has 0 saturated carbocycles. The first-order chi connectivity index (χ1) is 13.3. The number of carbonyl (C=O) groups is 2. The first-order valence-corrected chi connectivity index (χ1v) is 10.7. The van der Waals surface area contributed by atoms with Gasteiger partial charge in [0.25, 0.3) is 0 Å². The number of carbonyl (C=O) groups excluding carboxylic acids is 2. The van der Waals surface area contributed by atoms with Gasteiger partial charge in [-0.25, -0.2) is 4.57 Å². The Hall–Kier alpha value is -1.91. The standard InChI is InChI=1S/C19H28NO7P/c1-5-24-17(21)16(18(22)25-6-2)15-11-9-10-12-19(15,20)13-14-28(23,26-7-3)27-8-4/h9-12,15-16H,5-8,20H2,1-4H3. The molecule has 0 heterocycles. The van der Waals surface area contributed by atoms with E-state index in [4.69, 9.17) is 24.3 Å². The number of nitrogens with two attached hydrogens (primary N) is 1. The molecule has 0 aliphatic heterocycles. The zero-order chi connectivity index (χ0) is 21.2. The smallest absolute Gasteiger partial charge is 0.405 e. The molecule has 0 aromatic heterocycles.